The van der Waals surface area contributed by atoms with Crippen LogP contribution in [0.25, 0.3) is 16.7 Å². The van der Waals surface area contributed by atoms with Crippen molar-refractivity contribution in [3.8, 4) is 5.69 Å². The van der Waals surface area contributed by atoms with E-state index in [1.807, 2.05) is 31.2 Å². The van der Waals surface area contributed by atoms with Gasteiger partial charge in [0.2, 0.25) is 0 Å². The molecule has 5 heteroatoms. The van der Waals surface area contributed by atoms with Gasteiger partial charge in [0.15, 0.2) is 0 Å². The fraction of sp³-hybridized carbons (Fsp3) is 0.188. The first-order chi connectivity index (χ1) is 9.99. The second kappa shape index (κ2) is 5.75. The van der Waals surface area contributed by atoms with Crippen LogP contribution >= 0.6 is 43.5 Å². The van der Waals surface area contributed by atoms with E-state index < -0.39 is 0 Å². The Morgan fingerprint density at radius 3 is 2.67 bits per heavy atom. The highest BCUT2D eigenvalue weighted by molar-refractivity contribution is 9.10. The van der Waals surface area contributed by atoms with Gasteiger partial charge in [-0.1, -0.05) is 37.9 Å². The SMILES string of the molecule is Cc1c(Br)cccc1-n1c(C(C)Cl)nc2ccc(Br)cc21. The minimum absolute atomic E-state index is 0.172. The second-order valence-corrected chi connectivity index (χ2v) is 7.36. The van der Waals surface area contributed by atoms with Gasteiger partial charge in [-0.25, -0.2) is 4.98 Å². The maximum atomic E-state index is 6.35. The lowest BCUT2D eigenvalue weighted by molar-refractivity contribution is 0.877. The maximum absolute atomic E-state index is 6.35. The standard InChI is InChI=1S/C16H13Br2ClN2/c1-9-12(18)4-3-5-14(9)21-15-8-11(17)6-7-13(15)20-16(21)10(2)19/h3-8,10H,1-2H3. The fourth-order valence-corrected chi connectivity index (χ4v) is 3.28. The topological polar surface area (TPSA) is 17.8 Å². The summed E-state index contributed by atoms with van der Waals surface area (Å²) in [5.74, 6) is 0.853. The number of rotatable bonds is 2. The summed E-state index contributed by atoms with van der Waals surface area (Å²) in [7, 11) is 0. The molecular formula is C16H13Br2ClN2. The van der Waals surface area contributed by atoms with Gasteiger partial charge >= 0.3 is 0 Å². The van der Waals surface area contributed by atoms with Gasteiger partial charge in [-0.15, -0.1) is 11.6 Å². The molecule has 0 aliphatic carbocycles. The van der Waals surface area contributed by atoms with Gasteiger partial charge in [0.05, 0.1) is 22.1 Å². The first kappa shape index (κ1) is 15.1. The van der Waals surface area contributed by atoms with Crippen LogP contribution in [0.3, 0.4) is 0 Å². The van der Waals surface area contributed by atoms with Crippen LogP contribution < -0.4 is 0 Å². The van der Waals surface area contributed by atoms with Gasteiger partial charge < -0.3 is 0 Å². The molecular weight excluding hydrogens is 415 g/mol. The van der Waals surface area contributed by atoms with Gasteiger partial charge in [0.25, 0.3) is 0 Å². The molecule has 21 heavy (non-hydrogen) atoms. The Bertz CT molecular complexity index is 825. The van der Waals surface area contributed by atoms with Crippen LogP contribution in [-0.4, -0.2) is 9.55 Å². The van der Waals surface area contributed by atoms with Crippen molar-refractivity contribution in [2.24, 2.45) is 0 Å². The lowest BCUT2D eigenvalue weighted by Gasteiger charge is -2.14. The third-order valence-corrected chi connectivity index (χ3v) is 5.03. The Labute approximate surface area is 145 Å². The molecule has 0 saturated heterocycles. The smallest absolute Gasteiger partial charge is 0.132 e. The number of imidazole rings is 1. The number of hydrogen-bond donors (Lipinski definition) is 0. The van der Waals surface area contributed by atoms with Crippen molar-refractivity contribution in [3.05, 3.63) is 56.7 Å². The summed E-state index contributed by atoms with van der Waals surface area (Å²) in [6.45, 7) is 4.04. The molecule has 1 aromatic heterocycles. The number of aromatic nitrogens is 2. The molecule has 0 N–H and O–H groups in total. The molecule has 0 amide bonds. The summed E-state index contributed by atoms with van der Waals surface area (Å²) in [4.78, 5) is 4.70. The van der Waals surface area contributed by atoms with Crippen LogP contribution in [0.2, 0.25) is 0 Å². The molecule has 0 fully saturated rings. The molecule has 1 unspecified atom stereocenters. The first-order valence-electron chi connectivity index (χ1n) is 6.56. The number of fused-ring (bicyclic) bond motifs is 1. The Kier molecular flexibility index (Phi) is 4.12. The van der Waals surface area contributed by atoms with Crippen molar-refractivity contribution in [2.45, 2.75) is 19.2 Å². The largest absolute Gasteiger partial charge is 0.295 e. The van der Waals surface area contributed by atoms with Crippen LogP contribution in [0, 0.1) is 6.92 Å². The van der Waals surface area contributed by atoms with E-state index in [1.54, 1.807) is 0 Å². The predicted octanol–water partition coefficient (Wildman–Crippen LogP) is 6.16. The Hall–Kier alpha value is -0.840. The lowest BCUT2D eigenvalue weighted by atomic mass is 10.2. The molecule has 0 spiro atoms. The number of alkyl halides is 1. The molecule has 2 aromatic carbocycles. The zero-order valence-corrected chi connectivity index (χ0v) is 15.5. The highest BCUT2D eigenvalue weighted by atomic mass is 79.9. The van der Waals surface area contributed by atoms with Gasteiger partial charge in [0.1, 0.15) is 5.82 Å². The van der Waals surface area contributed by atoms with Crippen molar-refractivity contribution >= 4 is 54.5 Å². The Morgan fingerprint density at radius 1 is 1.19 bits per heavy atom. The van der Waals surface area contributed by atoms with E-state index in [4.69, 9.17) is 16.6 Å². The molecule has 2 nitrogen and oxygen atoms in total. The number of halogens is 3. The molecule has 0 radical (unpaired) electrons. The first-order valence-corrected chi connectivity index (χ1v) is 8.58. The highest BCUT2D eigenvalue weighted by Crippen LogP contribution is 2.32. The van der Waals surface area contributed by atoms with E-state index in [0.717, 1.165) is 37.1 Å². The summed E-state index contributed by atoms with van der Waals surface area (Å²) >= 11 is 13.5. The predicted molar refractivity (Wildman–Crippen MR) is 95.5 cm³/mol. The van der Waals surface area contributed by atoms with E-state index in [1.165, 1.54) is 0 Å². The highest BCUT2D eigenvalue weighted by Gasteiger charge is 2.18. The molecule has 3 rings (SSSR count). The van der Waals surface area contributed by atoms with Crippen LogP contribution in [0.1, 0.15) is 23.7 Å². The van der Waals surface area contributed by atoms with E-state index in [-0.39, 0.29) is 5.38 Å². The van der Waals surface area contributed by atoms with Gasteiger partial charge in [-0.05, 0) is 49.7 Å². The lowest BCUT2D eigenvalue weighted by Crippen LogP contribution is -2.04. The van der Waals surface area contributed by atoms with Crippen molar-refractivity contribution in [1.29, 1.82) is 0 Å². The van der Waals surface area contributed by atoms with E-state index in [9.17, 15) is 0 Å². The van der Waals surface area contributed by atoms with Crippen LogP contribution in [0.5, 0.6) is 0 Å². The average molecular weight is 429 g/mol. The zero-order valence-electron chi connectivity index (χ0n) is 11.6. The monoisotopic (exact) mass is 426 g/mol. The molecule has 1 atom stereocenters. The van der Waals surface area contributed by atoms with Crippen molar-refractivity contribution in [2.75, 3.05) is 0 Å². The van der Waals surface area contributed by atoms with E-state index in [0.29, 0.717) is 0 Å². The van der Waals surface area contributed by atoms with E-state index in [2.05, 4.69) is 55.5 Å². The minimum Gasteiger partial charge on any atom is -0.295 e. The molecule has 0 aliphatic heterocycles. The Balaban J connectivity index is 2.41. The summed E-state index contributed by atoms with van der Waals surface area (Å²) < 4.78 is 4.24. The molecule has 0 bridgehead atoms. The number of nitrogens with zero attached hydrogens (tertiary/aromatic N) is 2. The van der Waals surface area contributed by atoms with Crippen LogP contribution in [-0.2, 0) is 0 Å². The minimum atomic E-state index is -0.172. The fourth-order valence-electron chi connectivity index (χ4n) is 2.43. The zero-order chi connectivity index (χ0) is 15.1. The van der Waals surface area contributed by atoms with Gasteiger partial charge in [-0.3, -0.25) is 4.57 Å². The average Bonchev–Trinajstić information content (AvgIpc) is 2.80. The maximum Gasteiger partial charge on any atom is 0.132 e. The van der Waals surface area contributed by atoms with Gasteiger partial charge in [-0.2, -0.15) is 0 Å². The normalized spacial score (nSPS) is 12.8. The number of benzene rings is 2. The summed E-state index contributed by atoms with van der Waals surface area (Å²) in [5, 5.41) is -0.172. The summed E-state index contributed by atoms with van der Waals surface area (Å²) in [5.41, 5.74) is 4.25. The third-order valence-electron chi connectivity index (χ3n) is 3.48. The van der Waals surface area contributed by atoms with Crippen LogP contribution in [0.15, 0.2) is 45.3 Å². The molecule has 0 aliphatic rings. The van der Waals surface area contributed by atoms with Crippen molar-refractivity contribution < 1.29 is 0 Å². The quantitative estimate of drug-likeness (QED) is 0.447. The molecule has 0 saturated carbocycles. The summed E-state index contributed by atoms with van der Waals surface area (Å²) in [6, 6.07) is 12.2. The van der Waals surface area contributed by atoms with Crippen LogP contribution in [0.4, 0.5) is 0 Å². The summed E-state index contributed by atoms with van der Waals surface area (Å²) in [6.07, 6.45) is 0. The van der Waals surface area contributed by atoms with Crippen molar-refractivity contribution in [3.63, 3.8) is 0 Å². The Morgan fingerprint density at radius 2 is 1.95 bits per heavy atom. The van der Waals surface area contributed by atoms with E-state index >= 15 is 0 Å². The second-order valence-electron chi connectivity index (χ2n) is 4.94. The van der Waals surface area contributed by atoms with Crippen molar-refractivity contribution in [1.82, 2.24) is 9.55 Å². The van der Waals surface area contributed by atoms with Gasteiger partial charge in [0, 0.05) is 8.95 Å². The molecule has 108 valence electrons. The molecule has 3 aromatic rings. The number of hydrogen-bond acceptors (Lipinski definition) is 1. The third kappa shape index (κ3) is 2.65. The molecule has 1 heterocycles.